The Morgan fingerprint density at radius 1 is 1.25 bits per heavy atom. The fraction of sp³-hybridized carbons (Fsp3) is 0.312. The molecule has 104 valence electrons. The van der Waals surface area contributed by atoms with Crippen molar-refractivity contribution < 1.29 is 4.42 Å². The number of aromatic nitrogens is 2. The molecular weight excluding hydrogens is 250 g/mol. The van der Waals surface area contributed by atoms with Crippen molar-refractivity contribution in [3.63, 3.8) is 0 Å². The molecule has 4 nitrogen and oxygen atoms in total. The summed E-state index contributed by atoms with van der Waals surface area (Å²) in [4.78, 5) is 0. The predicted octanol–water partition coefficient (Wildman–Crippen LogP) is 3.09. The van der Waals surface area contributed by atoms with E-state index >= 15 is 0 Å². The summed E-state index contributed by atoms with van der Waals surface area (Å²) in [6.45, 7) is 4.16. The fourth-order valence-electron chi connectivity index (χ4n) is 2.58. The maximum atomic E-state index is 6.00. The second kappa shape index (κ2) is 4.80. The molecule has 0 radical (unpaired) electrons. The third-order valence-electron chi connectivity index (χ3n) is 3.85. The minimum absolute atomic E-state index is 0.0245. The Labute approximate surface area is 118 Å². The van der Waals surface area contributed by atoms with Crippen molar-refractivity contribution in [3.8, 4) is 0 Å². The molecular formula is C16H19N3O. The van der Waals surface area contributed by atoms with Crippen LogP contribution < -0.4 is 5.32 Å². The van der Waals surface area contributed by atoms with Crippen LogP contribution in [0.2, 0.25) is 0 Å². The van der Waals surface area contributed by atoms with E-state index in [2.05, 4.69) is 42.5 Å². The van der Waals surface area contributed by atoms with Gasteiger partial charge in [0.05, 0.1) is 12.2 Å². The van der Waals surface area contributed by atoms with Gasteiger partial charge < -0.3 is 9.73 Å². The molecule has 1 aromatic carbocycles. The first-order valence-electron chi connectivity index (χ1n) is 6.76. The van der Waals surface area contributed by atoms with Crippen LogP contribution in [0.3, 0.4) is 0 Å². The summed E-state index contributed by atoms with van der Waals surface area (Å²) in [5.41, 5.74) is 4.45. The van der Waals surface area contributed by atoms with Crippen LogP contribution in [0.4, 0.5) is 0 Å². The van der Waals surface area contributed by atoms with E-state index in [0.29, 0.717) is 0 Å². The molecule has 0 bridgehead atoms. The summed E-state index contributed by atoms with van der Waals surface area (Å²) in [6.07, 6.45) is 1.90. The molecule has 0 saturated heterocycles. The first-order valence-corrected chi connectivity index (χ1v) is 6.76. The number of benzene rings is 1. The van der Waals surface area contributed by atoms with Crippen molar-refractivity contribution in [2.24, 2.45) is 7.05 Å². The van der Waals surface area contributed by atoms with Crippen LogP contribution in [0.5, 0.6) is 0 Å². The van der Waals surface area contributed by atoms with E-state index in [0.717, 1.165) is 28.0 Å². The zero-order chi connectivity index (χ0) is 14.3. The van der Waals surface area contributed by atoms with Gasteiger partial charge in [0.15, 0.2) is 0 Å². The van der Waals surface area contributed by atoms with Crippen LogP contribution in [0, 0.1) is 13.8 Å². The van der Waals surface area contributed by atoms with E-state index in [1.807, 2.05) is 31.0 Å². The van der Waals surface area contributed by atoms with Crippen LogP contribution in [-0.2, 0) is 7.05 Å². The quantitative estimate of drug-likeness (QED) is 0.794. The zero-order valence-electron chi connectivity index (χ0n) is 12.3. The highest BCUT2D eigenvalue weighted by atomic mass is 16.3. The van der Waals surface area contributed by atoms with Crippen molar-refractivity contribution >= 4 is 11.0 Å². The second-order valence-electron chi connectivity index (χ2n) is 5.22. The monoisotopic (exact) mass is 269 g/mol. The average molecular weight is 269 g/mol. The molecule has 0 saturated carbocycles. The molecule has 3 aromatic rings. The van der Waals surface area contributed by atoms with Gasteiger partial charge in [-0.1, -0.05) is 11.6 Å². The van der Waals surface area contributed by atoms with E-state index in [-0.39, 0.29) is 6.04 Å². The number of fused-ring (bicyclic) bond motifs is 1. The normalized spacial score (nSPS) is 13.0. The molecule has 1 unspecified atom stereocenters. The molecule has 0 amide bonds. The van der Waals surface area contributed by atoms with Crippen LogP contribution in [0.25, 0.3) is 11.0 Å². The molecule has 0 aliphatic carbocycles. The first kappa shape index (κ1) is 12.9. The van der Waals surface area contributed by atoms with Crippen molar-refractivity contribution in [1.29, 1.82) is 0 Å². The van der Waals surface area contributed by atoms with Crippen LogP contribution in [0.1, 0.15) is 28.6 Å². The van der Waals surface area contributed by atoms with Gasteiger partial charge >= 0.3 is 0 Å². The molecule has 2 heterocycles. The Morgan fingerprint density at radius 2 is 2.05 bits per heavy atom. The van der Waals surface area contributed by atoms with E-state index in [9.17, 15) is 0 Å². The smallest absolute Gasteiger partial charge is 0.134 e. The summed E-state index contributed by atoms with van der Waals surface area (Å²) in [6, 6.07) is 8.37. The third kappa shape index (κ3) is 2.02. The fourth-order valence-corrected chi connectivity index (χ4v) is 2.58. The number of hydrogen-bond donors (Lipinski definition) is 1. The van der Waals surface area contributed by atoms with Crippen molar-refractivity contribution in [1.82, 2.24) is 15.1 Å². The predicted molar refractivity (Wildman–Crippen MR) is 79.8 cm³/mol. The van der Waals surface area contributed by atoms with Gasteiger partial charge in [0.2, 0.25) is 0 Å². The summed E-state index contributed by atoms with van der Waals surface area (Å²) in [7, 11) is 3.89. The molecule has 4 heteroatoms. The summed E-state index contributed by atoms with van der Waals surface area (Å²) < 4.78 is 7.88. The van der Waals surface area contributed by atoms with Gasteiger partial charge in [-0.2, -0.15) is 5.10 Å². The maximum Gasteiger partial charge on any atom is 0.134 e. The highest BCUT2D eigenvalue weighted by Crippen LogP contribution is 2.29. The van der Waals surface area contributed by atoms with Gasteiger partial charge in [-0.05, 0) is 39.1 Å². The first-order chi connectivity index (χ1) is 9.60. The van der Waals surface area contributed by atoms with Crippen LogP contribution in [-0.4, -0.2) is 16.8 Å². The maximum absolute atomic E-state index is 6.00. The van der Waals surface area contributed by atoms with Crippen molar-refractivity contribution in [2.45, 2.75) is 19.9 Å². The Bertz CT molecular complexity index is 754. The molecule has 3 rings (SSSR count). The number of nitrogens with zero attached hydrogens (tertiary/aromatic N) is 2. The minimum Gasteiger partial charge on any atom is -0.459 e. The van der Waals surface area contributed by atoms with Gasteiger partial charge in [0, 0.05) is 23.7 Å². The number of aryl methyl sites for hydroxylation is 2. The Balaban J connectivity index is 2.09. The zero-order valence-corrected chi connectivity index (χ0v) is 12.3. The lowest BCUT2D eigenvalue weighted by molar-refractivity contribution is 0.490. The van der Waals surface area contributed by atoms with Crippen LogP contribution >= 0.6 is 0 Å². The SMILES string of the molecule is CNC(c1cc2cc(C)ccc2o1)c1cnn(C)c1C. The minimum atomic E-state index is 0.0245. The summed E-state index contributed by atoms with van der Waals surface area (Å²) in [5.74, 6) is 0.921. The van der Waals surface area contributed by atoms with E-state index in [4.69, 9.17) is 4.42 Å². The number of hydrogen-bond acceptors (Lipinski definition) is 3. The van der Waals surface area contributed by atoms with Gasteiger partial charge in [-0.15, -0.1) is 0 Å². The molecule has 1 atom stereocenters. The molecule has 2 aromatic heterocycles. The number of nitrogens with one attached hydrogen (secondary N) is 1. The molecule has 0 aliphatic rings. The lowest BCUT2D eigenvalue weighted by atomic mass is 10.1. The van der Waals surface area contributed by atoms with Gasteiger partial charge in [0.1, 0.15) is 11.3 Å². The highest BCUT2D eigenvalue weighted by Gasteiger charge is 2.20. The lowest BCUT2D eigenvalue weighted by Gasteiger charge is -2.13. The molecule has 20 heavy (non-hydrogen) atoms. The highest BCUT2D eigenvalue weighted by molar-refractivity contribution is 5.79. The molecule has 0 aliphatic heterocycles. The standard InChI is InChI=1S/C16H19N3O/c1-10-5-6-14-12(7-10)8-15(20-14)16(17-3)13-9-18-19(4)11(13)2/h5-9,16-17H,1-4H3. The van der Waals surface area contributed by atoms with Crippen molar-refractivity contribution in [2.75, 3.05) is 7.05 Å². The third-order valence-corrected chi connectivity index (χ3v) is 3.85. The molecule has 1 N–H and O–H groups in total. The molecule has 0 fully saturated rings. The Hall–Kier alpha value is -2.07. The average Bonchev–Trinajstić information content (AvgIpc) is 2.97. The summed E-state index contributed by atoms with van der Waals surface area (Å²) >= 11 is 0. The van der Waals surface area contributed by atoms with E-state index in [1.165, 1.54) is 5.56 Å². The van der Waals surface area contributed by atoms with Gasteiger partial charge in [0.25, 0.3) is 0 Å². The van der Waals surface area contributed by atoms with E-state index < -0.39 is 0 Å². The second-order valence-corrected chi connectivity index (χ2v) is 5.22. The lowest BCUT2D eigenvalue weighted by Crippen LogP contribution is -2.17. The van der Waals surface area contributed by atoms with Crippen molar-refractivity contribution in [3.05, 3.63) is 53.0 Å². The Morgan fingerprint density at radius 3 is 2.70 bits per heavy atom. The van der Waals surface area contributed by atoms with Gasteiger partial charge in [-0.3, -0.25) is 4.68 Å². The topological polar surface area (TPSA) is 43.0 Å². The van der Waals surface area contributed by atoms with E-state index in [1.54, 1.807) is 0 Å². The van der Waals surface area contributed by atoms with Gasteiger partial charge in [-0.25, -0.2) is 0 Å². The largest absolute Gasteiger partial charge is 0.459 e. The Kier molecular flexibility index (Phi) is 3.10. The van der Waals surface area contributed by atoms with Crippen LogP contribution in [0.15, 0.2) is 34.9 Å². The molecule has 0 spiro atoms. The number of rotatable bonds is 3. The summed E-state index contributed by atoms with van der Waals surface area (Å²) in [5, 5.41) is 8.77. The number of furan rings is 1.